The van der Waals surface area contributed by atoms with Crippen molar-refractivity contribution < 1.29 is 4.79 Å². The van der Waals surface area contributed by atoms with E-state index in [9.17, 15) is 4.79 Å². The largest absolute Gasteiger partial charge is 0.323 e. The maximum Gasteiger partial charge on any atom is 0.226 e. The van der Waals surface area contributed by atoms with Gasteiger partial charge in [0.15, 0.2) is 0 Å². The molecule has 1 unspecified atom stereocenters. The lowest BCUT2D eigenvalue weighted by molar-refractivity contribution is -0.116. The Bertz CT molecular complexity index is 414. The van der Waals surface area contributed by atoms with Crippen molar-refractivity contribution >= 4 is 46.4 Å². The van der Waals surface area contributed by atoms with E-state index in [0.29, 0.717) is 27.2 Å². The summed E-state index contributed by atoms with van der Waals surface area (Å²) in [5, 5.41) is 6.94. The van der Waals surface area contributed by atoms with Gasteiger partial charge in [0.25, 0.3) is 0 Å². The third-order valence-electron chi connectivity index (χ3n) is 2.32. The van der Waals surface area contributed by atoms with E-state index in [-0.39, 0.29) is 11.9 Å². The van der Waals surface area contributed by atoms with Crippen molar-refractivity contribution in [2.24, 2.45) is 0 Å². The molecule has 0 aliphatic heterocycles. The van der Waals surface area contributed by atoms with Crippen molar-refractivity contribution in [3.63, 3.8) is 0 Å². The van der Waals surface area contributed by atoms with E-state index in [1.807, 2.05) is 13.8 Å². The molecule has 0 saturated carbocycles. The quantitative estimate of drug-likeness (QED) is 0.864. The fraction of sp³-hybridized carbons (Fsp3) is 0.417. The SMILES string of the molecule is CCNC(C)CC(=O)Nc1c(Cl)cc(Cl)cc1Cl. The lowest BCUT2D eigenvalue weighted by Gasteiger charge is -2.13. The number of benzene rings is 1. The first kappa shape index (κ1) is 15.6. The Morgan fingerprint density at radius 1 is 1.28 bits per heavy atom. The molecule has 1 rings (SSSR count). The maximum atomic E-state index is 11.8. The van der Waals surface area contributed by atoms with Crippen LogP contribution in [0.3, 0.4) is 0 Å². The highest BCUT2D eigenvalue weighted by atomic mass is 35.5. The van der Waals surface area contributed by atoms with Crippen LogP contribution < -0.4 is 10.6 Å². The first-order valence-electron chi connectivity index (χ1n) is 5.61. The molecule has 18 heavy (non-hydrogen) atoms. The number of carbonyl (C=O) groups is 1. The van der Waals surface area contributed by atoms with Crippen LogP contribution in [-0.4, -0.2) is 18.5 Å². The van der Waals surface area contributed by atoms with E-state index in [4.69, 9.17) is 34.8 Å². The molecule has 0 aromatic heterocycles. The minimum absolute atomic E-state index is 0.0971. The standard InChI is InChI=1S/C12H15Cl3N2O/c1-3-16-7(2)4-11(18)17-12-9(14)5-8(13)6-10(12)15/h5-7,16H,3-4H2,1-2H3,(H,17,18). The summed E-state index contributed by atoms with van der Waals surface area (Å²) in [4.78, 5) is 11.8. The molecule has 0 aliphatic carbocycles. The molecule has 0 fully saturated rings. The average molecular weight is 310 g/mol. The van der Waals surface area contributed by atoms with Crippen LogP contribution in [0.25, 0.3) is 0 Å². The Balaban J connectivity index is 2.70. The van der Waals surface area contributed by atoms with Crippen molar-refractivity contribution in [1.82, 2.24) is 5.32 Å². The summed E-state index contributed by atoms with van der Waals surface area (Å²) in [6.07, 6.45) is 0.350. The van der Waals surface area contributed by atoms with E-state index < -0.39 is 0 Å². The van der Waals surface area contributed by atoms with E-state index >= 15 is 0 Å². The Labute approximate surface area is 122 Å². The number of anilines is 1. The van der Waals surface area contributed by atoms with E-state index in [0.717, 1.165) is 6.54 Å². The summed E-state index contributed by atoms with van der Waals surface area (Å²) in [6.45, 7) is 4.74. The van der Waals surface area contributed by atoms with E-state index in [1.54, 1.807) is 12.1 Å². The van der Waals surface area contributed by atoms with Crippen LogP contribution in [0.1, 0.15) is 20.3 Å². The summed E-state index contributed by atoms with van der Waals surface area (Å²) >= 11 is 17.7. The van der Waals surface area contributed by atoms with Gasteiger partial charge in [-0.1, -0.05) is 41.7 Å². The lowest BCUT2D eigenvalue weighted by atomic mass is 10.2. The Morgan fingerprint density at radius 3 is 2.33 bits per heavy atom. The molecule has 0 spiro atoms. The molecule has 0 bridgehead atoms. The van der Waals surface area contributed by atoms with Gasteiger partial charge in [0, 0.05) is 17.5 Å². The van der Waals surface area contributed by atoms with Gasteiger partial charge >= 0.3 is 0 Å². The molecule has 6 heteroatoms. The van der Waals surface area contributed by atoms with Crippen molar-refractivity contribution in [2.75, 3.05) is 11.9 Å². The predicted molar refractivity (Wildman–Crippen MR) is 77.9 cm³/mol. The molecule has 3 nitrogen and oxygen atoms in total. The van der Waals surface area contributed by atoms with E-state index in [1.165, 1.54) is 0 Å². The zero-order valence-corrected chi connectivity index (χ0v) is 12.5. The number of nitrogens with one attached hydrogen (secondary N) is 2. The van der Waals surface area contributed by atoms with Crippen molar-refractivity contribution in [3.05, 3.63) is 27.2 Å². The summed E-state index contributed by atoms with van der Waals surface area (Å²) in [5.41, 5.74) is 0.399. The van der Waals surface area contributed by atoms with Crippen molar-refractivity contribution in [1.29, 1.82) is 0 Å². The first-order valence-corrected chi connectivity index (χ1v) is 6.75. The monoisotopic (exact) mass is 308 g/mol. The second kappa shape index (κ2) is 7.19. The molecule has 0 aliphatic rings. The van der Waals surface area contributed by atoms with Gasteiger partial charge in [-0.3, -0.25) is 4.79 Å². The minimum atomic E-state index is -0.144. The second-order valence-electron chi connectivity index (χ2n) is 3.96. The predicted octanol–water partition coefficient (Wildman–Crippen LogP) is 3.97. The normalized spacial score (nSPS) is 12.3. The second-order valence-corrected chi connectivity index (χ2v) is 5.21. The average Bonchev–Trinajstić information content (AvgIpc) is 2.23. The number of halogens is 3. The smallest absolute Gasteiger partial charge is 0.226 e. The topological polar surface area (TPSA) is 41.1 Å². The van der Waals surface area contributed by atoms with Crippen LogP contribution >= 0.6 is 34.8 Å². The number of amides is 1. The van der Waals surface area contributed by atoms with Gasteiger partial charge in [0.2, 0.25) is 5.91 Å². The van der Waals surface area contributed by atoms with Gasteiger partial charge in [0.05, 0.1) is 15.7 Å². The van der Waals surface area contributed by atoms with Crippen LogP contribution in [-0.2, 0) is 4.79 Å². The zero-order chi connectivity index (χ0) is 13.7. The lowest BCUT2D eigenvalue weighted by Crippen LogP contribution is -2.30. The number of carbonyl (C=O) groups excluding carboxylic acids is 1. The van der Waals surface area contributed by atoms with Gasteiger partial charge in [-0.05, 0) is 25.6 Å². The van der Waals surface area contributed by atoms with Crippen molar-refractivity contribution in [2.45, 2.75) is 26.3 Å². The molecule has 0 heterocycles. The third-order valence-corrected chi connectivity index (χ3v) is 3.13. The summed E-state index contributed by atoms with van der Waals surface area (Å²) in [6, 6.07) is 3.18. The molecule has 100 valence electrons. The minimum Gasteiger partial charge on any atom is -0.323 e. The first-order chi connectivity index (χ1) is 8.43. The Kier molecular flexibility index (Phi) is 6.22. The van der Waals surface area contributed by atoms with Gasteiger partial charge in [-0.25, -0.2) is 0 Å². The zero-order valence-electron chi connectivity index (χ0n) is 10.2. The molecular weight excluding hydrogens is 295 g/mol. The van der Waals surface area contributed by atoms with Crippen molar-refractivity contribution in [3.8, 4) is 0 Å². The molecule has 1 atom stereocenters. The molecular formula is C12H15Cl3N2O. The van der Waals surface area contributed by atoms with Crippen LogP contribution in [0, 0.1) is 0 Å². The highest BCUT2D eigenvalue weighted by molar-refractivity contribution is 6.42. The fourth-order valence-electron chi connectivity index (χ4n) is 1.55. The van der Waals surface area contributed by atoms with Gasteiger partial charge in [-0.2, -0.15) is 0 Å². The fourth-order valence-corrected chi connectivity index (χ4v) is 2.46. The van der Waals surface area contributed by atoms with Crippen LogP contribution in [0.15, 0.2) is 12.1 Å². The number of hydrogen-bond acceptors (Lipinski definition) is 2. The van der Waals surface area contributed by atoms with Gasteiger partial charge in [0.1, 0.15) is 0 Å². The highest BCUT2D eigenvalue weighted by Gasteiger charge is 2.13. The summed E-state index contributed by atoms with van der Waals surface area (Å²) < 4.78 is 0. The summed E-state index contributed by atoms with van der Waals surface area (Å²) in [5.74, 6) is -0.144. The number of rotatable bonds is 5. The molecule has 1 amide bonds. The molecule has 0 saturated heterocycles. The van der Waals surface area contributed by atoms with Gasteiger partial charge < -0.3 is 10.6 Å². The third kappa shape index (κ3) is 4.65. The molecule has 0 radical (unpaired) electrons. The molecule has 2 N–H and O–H groups in total. The maximum absolute atomic E-state index is 11.8. The van der Waals surface area contributed by atoms with E-state index in [2.05, 4.69) is 10.6 Å². The van der Waals surface area contributed by atoms with Gasteiger partial charge in [-0.15, -0.1) is 0 Å². The Morgan fingerprint density at radius 2 is 1.83 bits per heavy atom. The highest BCUT2D eigenvalue weighted by Crippen LogP contribution is 2.33. The molecule has 1 aromatic carbocycles. The van der Waals surface area contributed by atoms with Crippen LogP contribution in [0.2, 0.25) is 15.1 Å². The van der Waals surface area contributed by atoms with Crippen LogP contribution in [0.5, 0.6) is 0 Å². The number of hydrogen-bond donors (Lipinski definition) is 2. The Hall–Kier alpha value is -0.480. The van der Waals surface area contributed by atoms with Crippen LogP contribution in [0.4, 0.5) is 5.69 Å². The summed E-state index contributed by atoms with van der Waals surface area (Å²) in [7, 11) is 0. The molecule has 1 aromatic rings.